The summed E-state index contributed by atoms with van der Waals surface area (Å²) >= 11 is 1.33. The number of hydrogen-bond donors (Lipinski definition) is 1. The fourth-order valence-corrected chi connectivity index (χ4v) is 6.03. The zero-order chi connectivity index (χ0) is 27.8. The van der Waals surface area contributed by atoms with Crippen molar-refractivity contribution in [1.29, 1.82) is 0 Å². The number of thiazole rings is 1. The summed E-state index contributed by atoms with van der Waals surface area (Å²) in [5, 5.41) is 11.8. The van der Waals surface area contributed by atoms with E-state index >= 15 is 0 Å². The Labute approximate surface area is 230 Å². The lowest BCUT2D eigenvalue weighted by atomic mass is 9.95. The summed E-state index contributed by atoms with van der Waals surface area (Å²) in [5.41, 5.74) is 3.67. The molecule has 200 valence electrons. The molecule has 0 radical (unpaired) electrons. The fraction of sp³-hybridized carbons (Fsp3) is 0.233. The van der Waals surface area contributed by atoms with Crippen LogP contribution in [0.15, 0.2) is 60.2 Å². The van der Waals surface area contributed by atoms with Gasteiger partial charge >= 0.3 is 5.91 Å². The number of hydrogen-bond acceptors (Lipinski definition) is 8. The highest BCUT2D eigenvalue weighted by molar-refractivity contribution is 7.22. The van der Waals surface area contributed by atoms with Gasteiger partial charge in [-0.2, -0.15) is 0 Å². The maximum absolute atomic E-state index is 13.6. The molecule has 1 amide bonds. The summed E-state index contributed by atoms with van der Waals surface area (Å²) in [4.78, 5) is 33.3. The number of rotatable bonds is 7. The zero-order valence-corrected chi connectivity index (χ0v) is 23.1. The molecular formula is C30H28N2O6S. The van der Waals surface area contributed by atoms with Gasteiger partial charge in [0, 0.05) is 5.56 Å². The van der Waals surface area contributed by atoms with Crippen molar-refractivity contribution in [2.24, 2.45) is 0 Å². The highest BCUT2D eigenvalue weighted by Crippen LogP contribution is 2.46. The van der Waals surface area contributed by atoms with Crippen molar-refractivity contribution < 1.29 is 28.9 Å². The van der Waals surface area contributed by atoms with Crippen molar-refractivity contribution >= 4 is 44.1 Å². The SMILES string of the molecule is CCOc1ccc(C2/C(=C(\O)c3cccc(OC)c3)C(=O)C(=O)N2c2nc3c(C)cc(C)cc3s2)cc1OC. The molecule has 1 aliphatic heterocycles. The first-order chi connectivity index (χ1) is 18.8. The maximum atomic E-state index is 13.6. The number of Topliss-reactive ketones (excluding diaryl/α,β-unsaturated/α-hetero) is 1. The number of anilines is 1. The molecule has 39 heavy (non-hydrogen) atoms. The van der Waals surface area contributed by atoms with Crippen LogP contribution >= 0.6 is 11.3 Å². The Morgan fingerprint density at radius 1 is 1.03 bits per heavy atom. The summed E-state index contributed by atoms with van der Waals surface area (Å²) in [6.45, 7) is 6.27. The van der Waals surface area contributed by atoms with Gasteiger partial charge in [0.15, 0.2) is 16.6 Å². The van der Waals surface area contributed by atoms with E-state index in [1.807, 2.05) is 32.9 Å². The maximum Gasteiger partial charge on any atom is 0.301 e. The third-order valence-electron chi connectivity index (χ3n) is 6.62. The van der Waals surface area contributed by atoms with Gasteiger partial charge < -0.3 is 19.3 Å². The third-order valence-corrected chi connectivity index (χ3v) is 7.62. The van der Waals surface area contributed by atoms with Crippen LogP contribution in [0.4, 0.5) is 5.13 Å². The van der Waals surface area contributed by atoms with Crippen LogP contribution in [-0.4, -0.2) is 42.6 Å². The number of carbonyl (C=O) groups excluding carboxylic acids is 2. The third kappa shape index (κ3) is 4.59. The summed E-state index contributed by atoms with van der Waals surface area (Å²) in [6, 6.07) is 15.0. The molecule has 1 unspecified atom stereocenters. The van der Waals surface area contributed by atoms with Crippen LogP contribution in [0.2, 0.25) is 0 Å². The lowest BCUT2D eigenvalue weighted by molar-refractivity contribution is -0.132. The van der Waals surface area contributed by atoms with Crippen LogP contribution < -0.4 is 19.1 Å². The number of aryl methyl sites for hydroxylation is 2. The second kappa shape index (κ2) is 10.4. The Hall–Kier alpha value is -4.37. The van der Waals surface area contributed by atoms with E-state index in [1.165, 1.54) is 30.5 Å². The molecule has 1 fully saturated rings. The topological polar surface area (TPSA) is 98.2 Å². The van der Waals surface area contributed by atoms with Crippen LogP contribution in [0.3, 0.4) is 0 Å². The van der Waals surface area contributed by atoms with Gasteiger partial charge in [-0.1, -0.05) is 35.6 Å². The molecule has 1 N–H and O–H groups in total. The normalized spacial score (nSPS) is 16.6. The molecule has 2 heterocycles. The minimum absolute atomic E-state index is 0.0494. The summed E-state index contributed by atoms with van der Waals surface area (Å²) in [7, 11) is 3.04. The number of aliphatic hydroxyl groups excluding tert-OH is 1. The second-order valence-corrected chi connectivity index (χ2v) is 10.2. The van der Waals surface area contributed by atoms with Gasteiger partial charge in [0.05, 0.1) is 42.7 Å². The molecule has 0 saturated carbocycles. The standard InChI is InChI=1S/C30H28N2O6S/c1-6-38-21-11-10-18(15-22(21)37-5)26-24(27(33)19-8-7-9-20(14-19)36-4)28(34)29(35)32(26)30-31-25-17(3)12-16(2)13-23(25)39-30/h7-15,26,33H,6H2,1-5H3/b27-24+. The quantitative estimate of drug-likeness (QED) is 0.174. The van der Waals surface area contributed by atoms with Gasteiger partial charge in [-0.25, -0.2) is 4.98 Å². The van der Waals surface area contributed by atoms with Gasteiger partial charge in [-0.05, 0) is 67.8 Å². The molecule has 5 rings (SSSR count). The number of aliphatic hydroxyl groups is 1. The Morgan fingerprint density at radius 2 is 1.82 bits per heavy atom. The number of ketones is 1. The van der Waals surface area contributed by atoms with E-state index in [9.17, 15) is 14.7 Å². The second-order valence-electron chi connectivity index (χ2n) is 9.17. The van der Waals surface area contributed by atoms with Crippen molar-refractivity contribution in [3.63, 3.8) is 0 Å². The molecule has 1 saturated heterocycles. The van der Waals surface area contributed by atoms with Gasteiger partial charge in [0.2, 0.25) is 0 Å². The number of ether oxygens (including phenoxy) is 3. The van der Waals surface area contributed by atoms with Crippen LogP contribution in [0, 0.1) is 13.8 Å². The van der Waals surface area contributed by atoms with E-state index in [0.717, 1.165) is 21.3 Å². The average molecular weight is 545 g/mol. The molecule has 1 aromatic heterocycles. The van der Waals surface area contributed by atoms with Gasteiger partial charge in [0.25, 0.3) is 5.78 Å². The number of fused-ring (bicyclic) bond motifs is 1. The van der Waals surface area contributed by atoms with E-state index in [-0.39, 0.29) is 11.3 Å². The molecular weight excluding hydrogens is 516 g/mol. The van der Waals surface area contributed by atoms with Crippen molar-refractivity contribution in [3.05, 3.63) is 82.4 Å². The van der Waals surface area contributed by atoms with E-state index < -0.39 is 17.7 Å². The first-order valence-corrected chi connectivity index (χ1v) is 13.2. The van der Waals surface area contributed by atoms with Crippen molar-refractivity contribution in [2.45, 2.75) is 26.8 Å². The monoisotopic (exact) mass is 544 g/mol. The van der Waals surface area contributed by atoms with Gasteiger partial charge in [-0.15, -0.1) is 0 Å². The van der Waals surface area contributed by atoms with Crippen LogP contribution in [-0.2, 0) is 9.59 Å². The molecule has 0 spiro atoms. The number of aromatic nitrogens is 1. The predicted octanol–water partition coefficient (Wildman–Crippen LogP) is 5.96. The van der Waals surface area contributed by atoms with E-state index in [0.29, 0.717) is 40.1 Å². The lowest BCUT2D eigenvalue weighted by Gasteiger charge is -2.24. The Kier molecular flexibility index (Phi) is 7.01. The van der Waals surface area contributed by atoms with Crippen molar-refractivity contribution in [3.8, 4) is 17.2 Å². The molecule has 4 aromatic rings. The number of benzene rings is 3. The van der Waals surface area contributed by atoms with E-state index in [4.69, 9.17) is 19.2 Å². The minimum atomic E-state index is -0.956. The zero-order valence-electron chi connectivity index (χ0n) is 22.3. The highest BCUT2D eigenvalue weighted by Gasteiger charge is 2.48. The lowest BCUT2D eigenvalue weighted by Crippen LogP contribution is -2.29. The summed E-state index contributed by atoms with van der Waals surface area (Å²) in [5.74, 6) is -0.409. The smallest absolute Gasteiger partial charge is 0.301 e. The summed E-state index contributed by atoms with van der Waals surface area (Å²) < 4.78 is 17.4. The molecule has 0 bridgehead atoms. The first-order valence-electron chi connectivity index (χ1n) is 12.4. The van der Waals surface area contributed by atoms with E-state index in [2.05, 4.69) is 0 Å². The Morgan fingerprint density at radius 3 is 2.54 bits per heavy atom. The number of amides is 1. The minimum Gasteiger partial charge on any atom is -0.507 e. The largest absolute Gasteiger partial charge is 0.507 e. The molecule has 1 atom stereocenters. The predicted molar refractivity (Wildman–Crippen MR) is 151 cm³/mol. The Balaban J connectivity index is 1.75. The number of nitrogens with zero attached hydrogens (tertiary/aromatic N) is 2. The van der Waals surface area contributed by atoms with Crippen LogP contribution in [0.5, 0.6) is 17.2 Å². The molecule has 8 nitrogen and oxygen atoms in total. The van der Waals surface area contributed by atoms with Crippen molar-refractivity contribution in [1.82, 2.24) is 4.98 Å². The average Bonchev–Trinajstić information content (AvgIpc) is 3.47. The van der Waals surface area contributed by atoms with Crippen molar-refractivity contribution in [2.75, 3.05) is 25.7 Å². The van der Waals surface area contributed by atoms with Crippen LogP contribution in [0.1, 0.15) is 35.2 Å². The molecule has 9 heteroatoms. The highest BCUT2D eigenvalue weighted by atomic mass is 32.1. The van der Waals surface area contributed by atoms with Crippen LogP contribution in [0.25, 0.3) is 16.0 Å². The molecule has 3 aromatic carbocycles. The van der Waals surface area contributed by atoms with E-state index in [1.54, 1.807) is 42.5 Å². The van der Waals surface area contributed by atoms with Gasteiger partial charge in [0.1, 0.15) is 11.5 Å². The first kappa shape index (κ1) is 26.2. The number of carbonyl (C=O) groups is 2. The Bertz CT molecular complexity index is 1640. The van der Waals surface area contributed by atoms with Gasteiger partial charge in [-0.3, -0.25) is 14.5 Å². The molecule has 1 aliphatic rings. The fourth-order valence-electron chi connectivity index (χ4n) is 4.86. The number of methoxy groups -OCH3 is 2. The molecule has 0 aliphatic carbocycles. The summed E-state index contributed by atoms with van der Waals surface area (Å²) in [6.07, 6.45) is 0.